The highest BCUT2D eigenvalue weighted by atomic mass is 19.1. The zero-order valence-corrected chi connectivity index (χ0v) is 17.6. The van der Waals surface area contributed by atoms with E-state index in [0.29, 0.717) is 34.6 Å². The van der Waals surface area contributed by atoms with Crippen molar-refractivity contribution in [1.29, 1.82) is 0 Å². The van der Waals surface area contributed by atoms with Crippen LogP contribution in [-0.4, -0.2) is 21.2 Å². The Balaban J connectivity index is 1.40. The molecule has 7 nitrogen and oxygen atoms in total. The second kappa shape index (κ2) is 8.70. The van der Waals surface area contributed by atoms with Gasteiger partial charge < -0.3 is 10.6 Å². The minimum Gasteiger partial charge on any atom is -0.308 e. The summed E-state index contributed by atoms with van der Waals surface area (Å²) in [4.78, 5) is 29.2. The Bertz CT molecular complexity index is 1620. The lowest BCUT2D eigenvalue weighted by Gasteiger charge is -2.10. The van der Waals surface area contributed by atoms with Crippen molar-refractivity contribution in [3.63, 3.8) is 0 Å². The molecule has 0 fully saturated rings. The third-order valence-electron chi connectivity index (χ3n) is 5.32. The Morgan fingerprint density at radius 2 is 1.79 bits per heavy atom. The van der Waals surface area contributed by atoms with Crippen LogP contribution in [0.2, 0.25) is 0 Å². The molecule has 0 atom stereocenters. The minimum atomic E-state index is -0.899. The van der Waals surface area contributed by atoms with Gasteiger partial charge in [-0.2, -0.15) is 5.10 Å². The molecule has 0 aliphatic heterocycles. The van der Waals surface area contributed by atoms with Gasteiger partial charge in [0.05, 0.1) is 22.3 Å². The van der Waals surface area contributed by atoms with Gasteiger partial charge in [-0.25, -0.2) is 18.7 Å². The molecule has 2 aromatic heterocycles. The van der Waals surface area contributed by atoms with Crippen molar-refractivity contribution >= 4 is 39.1 Å². The number of hydrogen-bond acceptors (Lipinski definition) is 4. The number of urea groups is 1. The van der Waals surface area contributed by atoms with Gasteiger partial charge in [-0.3, -0.25) is 9.78 Å². The Hall–Kier alpha value is -4.66. The molecular formula is C25H17F2N5O2. The summed E-state index contributed by atoms with van der Waals surface area (Å²) in [5.41, 5.74) is 2.21. The quantitative estimate of drug-likeness (QED) is 0.354. The van der Waals surface area contributed by atoms with Crippen LogP contribution in [0.15, 0.2) is 77.7 Å². The summed E-state index contributed by atoms with van der Waals surface area (Å²) in [6.45, 7) is 0. The molecule has 0 saturated carbocycles. The number of carbonyl (C=O) groups is 1. The lowest BCUT2D eigenvalue weighted by atomic mass is 10.0. The van der Waals surface area contributed by atoms with Gasteiger partial charge in [0.2, 0.25) is 0 Å². The van der Waals surface area contributed by atoms with E-state index in [2.05, 4.69) is 25.8 Å². The van der Waals surface area contributed by atoms with Gasteiger partial charge in [0, 0.05) is 35.1 Å². The van der Waals surface area contributed by atoms with E-state index in [9.17, 15) is 18.4 Å². The summed E-state index contributed by atoms with van der Waals surface area (Å²) >= 11 is 0. The molecule has 0 saturated heterocycles. The van der Waals surface area contributed by atoms with Crippen molar-refractivity contribution in [2.24, 2.45) is 0 Å². The Kier molecular flexibility index (Phi) is 5.43. The number of rotatable bonds is 4. The van der Waals surface area contributed by atoms with Gasteiger partial charge >= 0.3 is 6.03 Å². The van der Waals surface area contributed by atoms with Crippen molar-refractivity contribution in [2.75, 3.05) is 10.6 Å². The van der Waals surface area contributed by atoms with Crippen LogP contribution in [0.4, 0.5) is 25.0 Å². The van der Waals surface area contributed by atoms with Gasteiger partial charge in [-0.1, -0.05) is 24.3 Å². The normalized spacial score (nSPS) is 11.0. The van der Waals surface area contributed by atoms with Crippen molar-refractivity contribution in [3.8, 4) is 0 Å². The van der Waals surface area contributed by atoms with E-state index >= 15 is 0 Å². The predicted molar refractivity (Wildman–Crippen MR) is 126 cm³/mol. The van der Waals surface area contributed by atoms with E-state index in [1.807, 2.05) is 30.3 Å². The molecule has 168 valence electrons. The van der Waals surface area contributed by atoms with Gasteiger partial charge in [0.15, 0.2) is 0 Å². The van der Waals surface area contributed by atoms with Crippen molar-refractivity contribution in [1.82, 2.24) is 15.2 Å². The number of nitrogens with one attached hydrogen (secondary N) is 3. The zero-order valence-electron chi connectivity index (χ0n) is 17.6. The molecule has 0 unspecified atom stereocenters. The summed E-state index contributed by atoms with van der Waals surface area (Å²) in [7, 11) is 0. The number of fused-ring (bicyclic) bond motifs is 2. The SMILES string of the molecule is O=C(Nc1ccc2c(Cc3cnc4ccccc4c3)n[nH]c(=O)c2c1)Nc1ccc(F)cc1F. The van der Waals surface area contributed by atoms with Gasteiger partial charge in [0.25, 0.3) is 5.56 Å². The second-order valence-corrected chi connectivity index (χ2v) is 7.68. The number of carbonyl (C=O) groups excluding carboxylic acids is 1. The van der Waals surface area contributed by atoms with E-state index in [-0.39, 0.29) is 5.69 Å². The first-order chi connectivity index (χ1) is 16.5. The molecule has 0 aliphatic carbocycles. The van der Waals surface area contributed by atoms with E-state index in [1.54, 1.807) is 18.3 Å². The van der Waals surface area contributed by atoms with E-state index < -0.39 is 23.2 Å². The molecule has 0 aliphatic rings. The zero-order chi connectivity index (χ0) is 23.7. The van der Waals surface area contributed by atoms with Crippen molar-refractivity contribution in [2.45, 2.75) is 6.42 Å². The molecule has 34 heavy (non-hydrogen) atoms. The maximum absolute atomic E-state index is 13.8. The summed E-state index contributed by atoms with van der Waals surface area (Å²) in [6, 6.07) is 16.7. The highest BCUT2D eigenvalue weighted by molar-refractivity contribution is 6.01. The van der Waals surface area contributed by atoms with Gasteiger partial charge in [-0.05, 0) is 42.0 Å². The maximum atomic E-state index is 13.8. The molecule has 9 heteroatoms. The molecule has 0 spiro atoms. The molecule has 0 radical (unpaired) electrons. The van der Waals surface area contributed by atoms with Crippen LogP contribution in [0.1, 0.15) is 11.3 Å². The number of aromatic amines is 1. The third-order valence-corrected chi connectivity index (χ3v) is 5.32. The number of aromatic nitrogens is 3. The molecule has 0 bridgehead atoms. The number of nitrogens with zero attached hydrogens (tertiary/aromatic N) is 2. The van der Waals surface area contributed by atoms with Crippen molar-refractivity contribution < 1.29 is 13.6 Å². The van der Waals surface area contributed by atoms with E-state index in [1.165, 1.54) is 6.07 Å². The number of halogens is 2. The number of benzene rings is 3. The first-order valence-electron chi connectivity index (χ1n) is 10.3. The average molecular weight is 457 g/mol. The smallest absolute Gasteiger partial charge is 0.308 e. The first kappa shape index (κ1) is 21.2. The first-order valence-corrected chi connectivity index (χ1v) is 10.3. The van der Waals surface area contributed by atoms with E-state index in [0.717, 1.165) is 28.6 Å². The van der Waals surface area contributed by atoms with Gasteiger partial charge in [-0.15, -0.1) is 0 Å². The number of amides is 2. The maximum Gasteiger partial charge on any atom is 0.323 e. The van der Waals surface area contributed by atoms with Crippen LogP contribution < -0.4 is 16.2 Å². The predicted octanol–water partition coefficient (Wildman–Crippen LogP) is 4.98. The van der Waals surface area contributed by atoms with Crippen LogP contribution >= 0.6 is 0 Å². The van der Waals surface area contributed by atoms with Crippen LogP contribution in [0.5, 0.6) is 0 Å². The minimum absolute atomic E-state index is 0.173. The Labute approximate surface area is 191 Å². The highest BCUT2D eigenvalue weighted by Crippen LogP contribution is 2.22. The molecule has 2 amide bonds. The highest BCUT2D eigenvalue weighted by Gasteiger charge is 2.12. The lowest BCUT2D eigenvalue weighted by Crippen LogP contribution is -2.20. The number of pyridine rings is 1. The summed E-state index contributed by atoms with van der Waals surface area (Å²) < 4.78 is 26.8. The van der Waals surface area contributed by atoms with E-state index in [4.69, 9.17) is 0 Å². The monoisotopic (exact) mass is 457 g/mol. The molecule has 5 aromatic rings. The third kappa shape index (κ3) is 4.31. The molecule has 5 rings (SSSR count). The molecule has 3 N–H and O–H groups in total. The number of anilines is 2. The summed E-state index contributed by atoms with van der Waals surface area (Å²) in [6.07, 6.45) is 2.22. The molecule has 2 heterocycles. The summed E-state index contributed by atoms with van der Waals surface area (Å²) in [5.74, 6) is -1.65. The number of para-hydroxylation sites is 1. The van der Waals surface area contributed by atoms with Crippen molar-refractivity contribution in [3.05, 3.63) is 106 Å². The van der Waals surface area contributed by atoms with Crippen LogP contribution in [-0.2, 0) is 6.42 Å². The Morgan fingerprint density at radius 3 is 2.65 bits per heavy atom. The van der Waals surface area contributed by atoms with Crippen LogP contribution in [0, 0.1) is 11.6 Å². The Morgan fingerprint density at radius 1 is 0.941 bits per heavy atom. The molecular weight excluding hydrogens is 440 g/mol. The standard InChI is InChI=1S/C25H17F2N5O2/c26-16-5-8-22(20(27)11-16)30-25(34)29-17-6-7-18-19(12-17)24(33)32-31-23(18)10-14-9-15-3-1-2-4-21(15)28-13-14/h1-9,11-13H,10H2,(H,32,33)(H2,29,30,34). The second-order valence-electron chi connectivity index (χ2n) is 7.68. The van der Waals surface area contributed by atoms with Gasteiger partial charge in [0.1, 0.15) is 11.6 Å². The fourth-order valence-electron chi connectivity index (χ4n) is 3.72. The fourth-order valence-corrected chi connectivity index (χ4v) is 3.72. The van der Waals surface area contributed by atoms with Crippen LogP contribution in [0.25, 0.3) is 21.7 Å². The molecule has 3 aromatic carbocycles. The number of hydrogen-bond donors (Lipinski definition) is 3. The number of H-pyrrole nitrogens is 1. The fraction of sp³-hybridized carbons (Fsp3) is 0.0400. The lowest BCUT2D eigenvalue weighted by molar-refractivity contribution is 0.262. The topological polar surface area (TPSA) is 99.8 Å². The average Bonchev–Trinajstić information content (AvgIpc) is 2.83. The summed E-state index contributed by atoms with van der Waals surface area (Å²) in [5, 5.41) is 13.5. The van der Waals surface area contributed by atoms with Crippen LogP contribution in [0.3, 0.4) is 0 Å². The largest absolute Gasteiger partial charge is 0.323 e.